The molecule has 6 heteroatoms. The summed E-state index contributed by atoms with van der Waals surface area (Å²) in [7, 11) is 1.48. The smallest absolute Gasteiger partial charge is 0.326 e. The lowest BCUT2D eigenvalue weighted by molar-refractivity contribution is -0.141. The predicted molar refractivity (Wildman–Crippen MR) is 77.8 cm³/mol. The zero-order valence-electron chi connectivity index (χ0n) is 11.8. The number of amides is 2. The first kappa shape index (κ1) is 16.4. The van der Waals surface area contributed by atoms with Crippen molar-refractivity contribution in [2.75, 3.05) is 13.6 Å². The number of carbonyl (C=O) groups excluding carboxylic acids is 2. The van der Waals surface area contributed by atoms with Crippen molar-refractivity contribution in [3.05, 3.63) is 48.6 Å². The summed E-state index contributed by atoms with van der Waals surface area (Å²) in [5.41, 5.74) is 0.466. The molecule has 21 heavy (non-hydrogen) atoms. The van der Waals surface area contributed by atoms with E-state index in [2.05, 4.69) is 11.9 Å². The third-order valence-corrected chi connectivity index (χ3v) is 2.78. The Hall–Kier alpha value is -2.63. The van der Waals surface area contributed by atoms with Crippen LogP contribution in [-0.4, -0.2) is 47.4 Å². The maximum Gasteiger partial charge on any atom is 0.326 e. The normalized spacial score (nSPS) is 11.3. The van der Waals surface area contributed by atoms with E-state index in [1.165, 1.54) is 18.0 Å². The molecule has 2 N–H and O–H groups in total. The third kappa shape index (κ3) is 5.10. The number of carboxylic acid groups (broad SMARTS) is 1. The highest BCUT2D eigenvalue weighted by Crippen LogP contribution is 2.03. The topological polar surface area (TPSA) is 86.7 Å². The summed E-state index contributed by atoms with van der Waals surface area (Å²) in [6.07, 6.45) is 1.54. The van der Waals surface area contributed by atoms with Crippen molar-refractivity contribution >= 4 is 17.8 Å². The molecule has 0 saturated carbocycles. The minimum atomic E-state index is -1.14. The van der Waals surface area contributed by atoms with Crippen LogP contribution in [0.5, 0.6) is 0 Å². The van der Waals surface area contributed by atoms with Gasteiger partial charge < -0.3 is 15.3 Å². The van der Waals surface area contributed by atoms with Crippen molar-refractivity contribution in [1.29, 1.82) is 0 Å². The van der Waals surface area contributed by atoms with Gasteiger partial charge in [0, 0.05) is 12.6 Å². The van der Waals surface area contributed by atoms with E-state index in [4.69, 9.17) is 5.11 Å². The lowest BCUT2D eigenvalue weighted by atomic mass is 10.2. The lowest BCUT2D eigenvalue weighted by Crippen LogP contribution is -2.45. The molecule has 0 aliphatic carbocycles. The van der Waals surface area contributed by atoms with Crippen LogP contribution in [0.2, 0.25) is 0 Å². The Morgan fingerprint density at radius 1 is 1.33 bits per heavy atom. The second-order valence-corrected chi connectivity index (χ2v) is 4.51. The quantitative estimate of drug-likeness (QED) is 0.731. The minimum absolute atomic E-state index is 0.122. The van der Waals surface area contributed by atoms with E-state index in [1.807, 2.05) is 0 Å². The average Bonchev–Trinajstić information content (AvgIpc) is 2.46. The van der Waals surface area contributed by atoms with E-state index in [1.54, 1.807) is 30.3 Å². The van der Waals surface area contributed by atoms with E-state index < -0.39 is 17.9 Å². The molecule has 1 aromatic rings. The van der Waals surface area contributed by atoms with Crippen molar-refractivity contribution in [3.8, 4) is 0 Å². The van der Waals surface area contributed by atoms with Crippen molar-refractivity contribution < 1.29 is 19.5 Å². The first-order valence-electron chi connectivity index (χ1n) is 6.39. The molecule has 0 fully saturated rings. The largest absolute Gasteiger partial charge is 0.480 e. The molecule has 6 nitrogen and oxygen atoms in total. The van der Waals surface area contributed by atoms with Gasteiger partial charge in [0.05, 0.1) is 6.54 Å². The maximum atomic E-state index is 12.0. The molecule has 0 bridgehead atoms. The molecular weight excluding hydrogens is 272 g/mol. The van der Waals surface area contributed by atoms with E-state index in [0.29, 0.717) is 5.56 Å². The van der Waals surface area contributed by atoms with Crippen LogP contribution in [-0.2, 0) is 9.59 Å². The minimum Gasteiger partial charge on any atom is -0.480 e. The van der Waals surface area contributed by atoms with Gasteiger partial charge in [0.25, 0.3) is 5.91 Å². The lowest BCUT2D eigenvalue weighted by Gasteiger charge is -2.19. The van der Waals surface area contributed by atoms with Crippen LogP contribution in [0.4, 0.5) is 0 Å². The zero-order chi connectivity index (χ0) is 15.8. The van der Waals surface area contributed by atoms with Gasteiger partial charge >= 0.3 is 5.97 Å². The Labute approximate surface area is 123 Å². The van der Waals surface area contributed by atoms with Gasteiger partial charge in [-0.1, -0.05) is 24.3 Å². The van der Waals surface area contributed by atoms with Gasteiger partial charge in [-0.15, -0.1) is 6.58 Å². The fourth-order valence-corrected chi connectivity index (χ4v) is 1.72. The molecule has 1 atom stereocenters. The first-order valence-corrected chi connectivity index (χ1v) is 6.39. The van der Waals surface area contributed by atoms with Gasteiger partial charge in [0.15, 0.2) is 0 Å². The molecule has 0 aliphatic heterocycles. The fourth-order valence-electron chi connectivity index (χ4n) is 1.72. The highest BCUT2D eigenvalue weighted by atomic mass is 16.4. The van der Waals surface area contributed by atoms with Gasteiger partial charge in [-0.3, -0.25) is 9.59 Å². The molecule has 0 saturated heterocycles. The molecule has 1 unspecified atom stereocenters. The predicted octanol–water partition coefficient (Wildman–Crippen LogP) is 0.904. The summed E-state index contributed by atoms with van der Waals surface area (Å²) in [6.45, 7) is 3.23. The number of carboxylic acids is 1. The fraction of sp³-hybridized carbons (Fsp3) is 0.267. The van der Waals surface area contributed by atoms with E-state index >= 15 is 0 Å². The van der Waals surface area contributed by atoms with Crippen LogP contribution >= 0.6 is 0 Å². The molecule has 1 rings (SSSR count). The van der Waals surface area contributed by atoms with Crippen LogP contribution < -0.4 is 5.32 Å². The highest BCUT2D eigenvalue weighted by Gasteiger charge is 2.20. The Morgan fingerprint density at radius 3 is 2.48 bits per heavy atom. The number of hydrogen-bond donors (Lipinski definition) is 2. The van der Waals surface area contributed by atoms with Crippen LogP contribution in [0.25, 0.3) is 0 Å². The standard InChI is InChI=1S/C15H18N2O4/c1-3-7-12(15(20)21)16-13(18)10-17(2)14(19)11-8-5-4-6-9-11/h3-6,8-9,12H,1,7,10H2,2H3,(H,16,18)(H,20,21). The molecule has 0 aromatic heterocycles. The van der Waals surface area contributed by atoms with E-state index in [9.17, 15) is 14.4 Å². The van der Waals surface area contributed by atoms with Gasteiger partial charge in [-0.05, 0) is 18.6 Å². The van der Waals surface area contributed by atoms with E-state index in [0.717, 1.165) is 0 Å². The average molecular weight is 290 g/mol. The summed E-state index contributed by atoms with van der Waals surface area (Å²) in [5.74, 6) is -1.97. The summed E-state index contributed by atoms with van der Waals surface area (Å²) >= 11 is 0. The number of benzene rings is 1. The van der Waals surface area contributed by atoms with Crippen molar-refractivity contribution in [1.82, 2.24) is 10.2 Å². The summed E-state index contributed by atoms with van der Waals surface area (Å²) in [5, 5.41) is 11.3. The van der Waals surface area contributed by atoms with Gasteiger partial charge in [-0.25, -0.2) is 4.79 Å². The van der Waals surface area contributed by atoms with Gasteiger partial charge in [0.1, 0.15) is 6.04 Å². The van der Waals surface area contributed by atoms with Crippen molar-refractivity contribution in [2.24, 2.45) is 0 Å². The van der Waals surface area contributed by atoms with Crippen molar-refractivity contribution in [2.45, 2.75) is 12.5 Å². The molecule has 2 amide bonds. The Kier molecular flexibility index (Phi) is 6.13. The van der Waals surface area contributed by atoms with Crippen LogP contribution in [0.3, 0.4) is 0 Å². The second-order valence-electron chi connectivity index (χ2n) is 4.51. The molecular formula is C15H18N2O4. The molecule has 112 valence electrons. The summed E-state index contributed by atoms with van der Waals surface area (Å²) in [6, 6.07) is 7.51. The number of hydrogen-bond acceptors (Lipinski definition) is 3. The van der Waals surface area contributed by atoms with Crippen LogP contribution in [0, 0.1) is 0 Å². The number of carbonyl (C=O) groups is 3. The Bertz CT molecular complexity index is 528. The SMILES string of the molecule is C=CCC(NC(=O)CN(C)C(=O)c1ccccc1)C(=O)O. The summed E-state index contributed by atoms with van der Waals surface area (Å²) in [4.78, 5) is 36.0. The Balaban J connectivity index is 2.59. The van der Waals surface area contributed by atoms with Crippen LogP contribution in [0.1, 0.15) is 16.8 Å². The monoisotopic (exact) mass is 290 g/mol. The van der Waals surface area contributed by atoms with Crippen LogP contribution in [0.15, 0.2) is 43.0 Å². The second kappa shape index (κ2) is 7.84. The highest BCUT2D eigenvalue weighted by molar-refractivity contribution is 5.96. The molecule has 1 aromatic carbocycles. The number of rotatable bonds is 7. The van der Waals surface area contributed by atoms with E-state index in [-0.39, 0.29) is 18.9 Å². The number of likely N-dealkylation sites (N-methyl/N-ethyl adjacent to an activating group) is 1. The number of nitrogens with zero attached hydrogens (tertiary/aromatic N) is 1. The first-order chi connectivity index (χ1) is 9.95. The number of aliphatic carboxylic acids is 1. The van der Waals surface area contributed by atoms with Gasteiger partial charge in [-0.2, -0.15) is 0 Å². The molecule has 0 radical (unpaired) electrons. The third-order valence-electron chi connectivity index (χ3n) is 2.78. The molecule has 0 spiro atoms. The molecule has 0 heterocycles. The summed E-state index contributed by atoms with van der Waals surface area (Å²) < 4.78 is 0. The zero-order valence-corrected chi connectivity index (χ0v) is 11.8. The van der Waals surface area contributed by atoms with Gasteiger partial charge in [0.2, 0.25) is 5.91 Å². The van der Waals surface area contributed by atoms with Crippen molar-refractivity contribution in [3.63, 3.8) is 0 Å². The number of nitrogens with one attached hydrogen (secondary N) is 1. The molecule has 0 aliphatic rings. The Morgan fingerprint density at radius 2 is 1.95 bits per heavy atom. The maximum absolute atomic E-state index is 12.0.